The predicted molar refractivity (Wildman–Crippen MR) is 152 cm³/mol. The molecule has 4 rings (SSSR count). The summed E-state index contributed by atoms with van der Waals surface area (Å²) in [5, 5.41) is 4.19. The Morgan fingerprint density at radius 3 is 2.44 bits per heavy atom. The van der Waals surface area contributed by atoms with E-state index in [9.17, 15) is 19.2 Å². The molecule has 2 aliphatic rings. The second kappa shape index (κ2) is 11.7. The van der Waals surface area contributed by atoms with Gasteiger partial charge in [-0.25, -0.2) is 9.59 Å². The van der Waals surface area contributed by atoms with Crippen molar-refractivity contribution in [3.63, 3.8) is 0 Å². The van der Waals surface area contributed by atoms with Crippen LogP contribution in [0.5, 0.6) is 0 Å². The van der Waals surface area contributed by atoms with Crippen molar-refractivity contribution < 1.29 is 23.9 Å². The van der Waals surface area contributed by atoms with Crippen molar-refractivity contribution in [2.45, 2.75) is 61.4 Å². The monoisotopic (exact) mass is 554 g/mol. The van der Waals surface area contributed by atoms with Crippen LogP contribution in [0.4, 0.5) is 0 Å². The lowest BCUT2D eigenvalue weighted by molar-refractivity contribution is -0.172. The van der Waals surface area contributed by atoms with Gasteiger partial charge in [-0.3, -0.25) is 14.5 Å². The van der Waals surface area contributed by atoms with Crippen LogP contribution in [-0.2, 0) is 19.1 Å². The number of carbonyl (C=O) groups is 4. The fourth-order valence-corrected chi connectivity index (χ4v) is 6.97. The number of rotatable bonds is 10. The Balaban J connectivity index is 1.41. The van der Waals surface area contributed by atoms with Gasteiger partial charge in [-0.2, -0.15) is 0 Å². The summed E-state index contributed by atoms with van der Waals surface area (Å²) in [7, 11) is 7.58. The lowest BCUT2D eigenvalue weighted by Crippen LogP contribution is -2.70. The second-order valence-electron chi connectivity index (χ2n) is 11.3. The van der Waals surface area contributed by atoms with Crippen molar-refractivity contribution in [1.29, 1.82) is 0 Å². The molecule has 0 bridgehead atoms. The smallest absolute Gasteiger partial charge is 0.338 e. The zero-order chi connectivity index (χ0) is 28.5. The summed E-state index contributed by atoms with van der Waals surface area (Å²) in [6.07, 6.45) is 2.32. The number of likely N-dealkylation sites (N-methyl/N-ethyl adjacent to an activating group) is 1. The summed E-state index contributed by atoms with van der Waals surface area (Å²) in [5.74, 6) is -2.03. The Labute approximate surface area is 234 Å². The Morgan fingerprint density at radius 1 is 1.05 bits per heavy atom. The van der Waals surface area contributed by atoms with Crippen molar-refractivity contribution in [1.82, 2.24) is 20.0 Å². The molecule has 39 heavy (non-hydrogen) atoms. The Hall–Kier alpha value is -2.95. The van der Waals surface area contributed by atoms with E-state index in [0.717, 1.165) is 30.2 Å². The molecule has 2 aromatic rings. The third-order valence-corrected chi connectivity index (χ3v) is 8.99. The number of benzene rings is 2. The highest BCUT2D eigenvalue weighted by atomic mass is 32.2. The van der Waals surface area contributed by atoms with Crippen LogP contribution in [0.15, 0.2) is 42.5 Å². The van der Waals surface area contributed by atoms with Gasteiger partial charge in [0.25, 0.3) is 5.91 Å². The first kappa shape index (κ1) is 29.0. The van der Waals surface area contributed by atoms with Gasteiger partial charge in [0.05, 0.1) is 0 Å². The van der Waals surface area contributed by atoms with Crippen molar-refractivity contribution in [3.05, 3.63) is 48.0 Å². The molecule has 4 unspecified atom stereocenters. The van der Waals surface area contributed by atoms with Gasteiger partial charge in [0.2, 0.25) is 5.91 Å². The summed E-state index contributed by atoms with van der Waals surface area (Å²) in [6.45, 7) is 4.63. The highest BCUT2D eigenvalue weighted by Crippen LogP contribution is 2.51. The van der Waals surface area contributed by atoms with Gasteiger partial charge in [-0.1, -0.05) is 42.8 Å². The minimum atomic E-state index is -0.925. The van der Waals surface area contributed by atoms with Crippen LogP contribution < -0.4 is 5.32 Å². The zero-order valence-electron chi connectivity index (χ0n) is 23.5. The van der Waals surface area contributed by atoms with Crippen molar-refractivity contribution in [2.75, 3.05) is 34.7 Å². The summed E-state index contributed by atoms with van der Waals surface area (Å²) in [6, 6.07) is 10.8. The standard InChI is InChI=1S/C29H38N4O5S/c1-29(2)23(28(37)38-27(36)21(32(5)6)16-9-10-17-31(3)4)33-25(35)22(26(33)39-29)30-24(34)20-15-11-13-18-12-7-8-14-19(18)20/h7-8,11-15,21-23,26H,9-10,16-17H2,1-6H3,(H,30,34). The largest absolute Gasteiger partial charge is 0.390 e. The number of nitrogens with zero attached hydrogens (tertiary/aromatic N) is 3. The Kier molecular flexibility index (Phi) is 8.68. The molecular formula is C29H38N4O5S. The summed E-state index contributed by atoms with van der Waals surface area (Å²) < 4.78 is 4.68. The molecule has 1 N–H and O–H groups in total. The molecule has 0 radical (unpaired) electrons. The average Bonchev–Trinajstić information content (AvgIpc) is 3.13. The van der Waals surface area contributed by atoms with Crippen molar-refractivity contribution in [2.24, 2.45) is 0 Å². The number of β-lactam (4-membered cyclic amide) rings is 1. The number of hydrogen-bond donors (Lipinski definition) is 1. The number of esters is 2. The third-order valence-electron chi connectivity index (χ3n) is 7.41. The van der Waals surface area contributed by atoms with Gasteiger partial charge >= 0.3 is 11.9 Å². The Bertz CT molecular complexity index is 1260. The van der Waals surface area contributed by atoms with E-state index < -0.39 is 40.2 Å². The number of nitrogens with one attached hydrogen (secondary N) is 1. The molecule has 10 heteroatoms. The number of hydrogen-bond acceptors (Lipinski definition) is 8. The first-order valence-corrected chi connectivity index (χ1v) is 14.2. The number of thioether (sulfide) groups is 1. The molecule has 0 aromatic heterocycles. The maximum Gasteiger partial charge on any atom is 0.338 e. The summed E-state index contributed by atoms with van der Waals surface area (Å²) >= 11 is 1.43. The fraction of sp³-hybridized carbons (Fsp3) is 0.517. The van der Waals surface area contributed by atoms with Crippen molar-refractivity contribution >= 4 is 46.3 Å². The zero-order valence-corrected chi connectivity index (χ0v) is 24.3. The van der Waals surface area contributed by atoms with E-state index in [4.69, 9.17) is 4.74 Å². The van der Waals surface area contributed by atoms with Crippen LogP contribution in [-0.4, -0.2) is 101 Å². The van der Waals surface area contributed by atoms with Crippen LogP contribution >= 0.6 is 11.8 Å². The van der Waals surface area contributed by atoms with Gasteiger partial charge in [0.15, 0.2) is 0 Å². The topological polar surface area (TPSA) is 99.3 Å². The van der Waals surface area contributed by atoms with E-state index in [1.165, 1.54) is 16.7 Å². The molecule has 2 amide bonds. The average molecular weight is 555 g/mol. The normalized spacial score (nSPS) is 22.5. The molecule has 2 aromatic carbocycles. The number of ether oxygens (including phenoxy) is 1. The van der Waals surface area contributed by atoms with Gasteiger partial charge in [-0.05, 0) is 78.3 Å². The quantitative estimate of drug-likeness (QED) is 0.207. The van der Waals surface area contributed by atoms with Crippen LogP contribution in [0.1, 0.15) is 43.5 Å². The van der Waals surface area contributed by atoms with E-state index in [1.807, 2.05) is 64.3 Å². The fourth-order valence-electron chi connectivity index (χ4n) is 5.34. The third kappa shape index (κ3) is 5.97. The SMILES string of the molecule is CN(C)CCCCC(C(=O)OC(=O)C1N2C(=O)C(NC(=O)c3cccc4ccccc34)C2SC1(C)C)N(C)C. The van der Waals surface area contributed by atoms with E-state index in [0.29, 0.717) is 12.0 Å². The van der Waals surface area contributed by atoms with E-state index in [-0.39, 0.29) is 11.8 Å². The van der Waals surface area contributed by atoms with Gasteiger partial charge in [0, 0.05) is 10.3 Å². The molecule has 210 valence electrons. The molecule has 9 nitrogen and oxygen atoms in total. The highest BCUT2D eigenvalue weighted by Gasteiger charge is 2.64. The van der Waals surface area contributed by atoms with E-state index >= 15 is 0 Å². The first-order valence-electron chi connectivity index (χ1n) is 13.3. The first-order chi connectivity index (χ1) is 18.4. The second-order valence-corrected chi connectivity index (χ2v) is 13.0. The molecule has 4 atom stereocenters. The number of unbranched alkanes of at least 4 members (excludes halogenated alkanes) is 1. The van der Waals surface area contributed by atoms with Crippen LogP contribution in [0.2, 0.25) is 0 Å². The number of fused-ring (bicyclic) bond motifs is 2. The molecule has 0 aliphatic carbocycles. The predicted octanol–water partition coefficient (Wildman–Crippen LogP) is 2.73. The minimum Gasteiger partial charge on any atom is -0.390 e. The summed E-state index contributed by atoms with van der Waals surface area (Å²) in [5.41, 5.74) is 0.489. The van der Waals surface area contributed by atoms with Gasteiger partial charge in [-0.15, -0.1) is 11.8 Å². The molecule has 2 saturated heterocycles. The molecule has 2 heterocycles. The molecular weight excluding hydrogens is 516 g/mol. The van der Waals surface area contributed by atoms with Gasteiger partial charge in [0.1, 0.15) is 23.5 Å². The van der Waals surface area contributed by atoms with Crippen LogP contribution in [0.3, 0.4) is 0 Å². The highest BCUT2D eigenvalue weighted by molar-refractivity contribution is 8.01. The number of carbonyl (C=O) groups excluding carboxylic acids is 4. The number of amides is 2. The maximum atomic E-state index is 13.3. The van der Waals surface area contributed by atoms with Crippen molar-refractivity contribution in [3.8, 4) is 0 Å². The van der Waals surface area contributed by atoms with E-state index in [2.05, 4.69) is 10.2 Å². The lowest BCUT2D eigenvalue weighted by atomic mass is 9.95. The summed E-state index contributed by atoms with van der Waals surface area (Å²) in [4.78, 5) is 58.0. The van der Waals surface area contributed by atoms with E-state index in [1.54, 1.807) is 25.1 Å². The van der Waals surface area contributed by atoms with Gasteiger partial charge < -0.3 is 19.9 Å². The van der Waals surface area contributed by atoms with Crippen LogP contribution in [0, 0.1) is 0 Å². The lowest BCUT2D eigenvalue weighted by Gasteiger charge is -2.43. The molecule has 0 spiro atoms. The maximum absolute atomic E-state index is 13.3. The molecule has 2 aliphatic heterocycles. The minimum absolute atomic E-state index is 0.340. The Morgan fingerprint density at radius 2 is 1.74 bits per heavy atom. The molecule has 2 fully saturated rings. The molecule has 0 saturated carbocycles. The van der Waals surface area contributed by atoms with Crippen LogP contribution in [0.25, 0.3) is 10.8 Å².